The number of aromatic amines is 1. The van der Waals surface area contributed by atoms with Crippen molar-refractivity contribution in [3.63, 3.8) is 0 Å². The highest BCUT2D eigenvalue weighted by Crippen LogP contribution is 2.38. The molecule has 0 bridgehead atoms. The SMILES string of the molecule is Cc1ccc(O)c(-c2cc(-c3c(Cl)cccc3Cl)cc(NCCc3cnc[nH]3)n2)c1. The van der Waals surface area contributed by atoms with Crippen molar-refractivity contribution in [2.75, 3.05) is 11.9 Å². The van der Waals surface area contributed by atoms with Crippen LogP contribution in [0, 0.1) is 6.92 Å². The first-order chi connectivity index (χ1) is 14.5. The number of anilines is 1. The van der Waals surface area contributed by atoms with Gasteiger partial charge < -0.3 is 15.4 Å². The van der Waals surface area contributed by atoms with Gasteiger partial charge in [-0.2, -0.15) is 0 Å². The highest BCUT2D eigenvalue weighted by atomic mass is 35.5. The van der Waals surface area contributed by atoms with Gasteiger partial charge in [0.05, 0.1) is 12.0 Å². The summed E-state index contributed by atoms with van der Waals surface area (Å²) < 4.78 is 0. The van der Waals surface area contributed by atoms with E-state index in [1.807, 2.05) is 37.3 Å². The minimum Gasteiger partial charge on any atom is -0.507 e. The van der Waals surface area contributed by atoms with Gasteiger partial charge in [0, 0.05) is 46.0 Å². The predicted octanol–water partition coefficient (Wildman–Crippen LogP) is 6.11. The minimum atomic E-state index is 0.166. The molecule has 0 atom stereocenters. The summed E-state index contributed by atoms with van der Waals surface area (Å²) in [6.45, 7) is 2.63. The van der Waals surface area contributed by atoms with Crippen molar-refractivity contribution in [2.45, 2.75) is 13.3 Å². The second kappa shape index (κ2) is 8.78. The smallest absolute Gasteiger partial charge is 0.127 e. The van der Waals surface area contributed by atoms with Crippen LogP contribution >= 0.6 is 23.2 Å². The number of phenolic OH excluding ortho intramolecular Hbond substituents is 1. The van der Waals surface area contributed by atoms with E-state index in [0.29, 0.717) is 33.7 Å². The van der Waals surface area contributed by atoms with Gasteiger partial charge in [0.1, 0.15) is 11.6 Å². The molecule has 152 valence electrons. The number of hydrogen-bond acceptors (Lipinski definition) is 4. The molecule has 3 N–H and O–H groups in total. The van der Waals surface area contributed by atoms with Gasteiger partial charge in [-0.1, -0.05) is 40.9 Å². The first kappa shape index (κ1) is 20.3. The quantitative estimate of drug-likeness (QED) is 0.339. The summed E-state index contributed by atoms with van der Waals surface area (Å²) in [7, 11) is 0. The normalized spacial score (nSPS) is 10.9. The molecule has 30 heavy (non-hydrogen) atoms. The average Bonchev–Trinajstić information content (AvgIpc) is 3.23. The number of pyridine rings is 1. The maximum absolute atomic E-state index is 10.4. The van der Waals surface area contributed by atoms with Gasteiger partial charge in [-0.15, -0.1) is 0 Å². The summed E-state index contributed by atoms with van der Waals surface area (Å²) in [6.07, 6.45) is 4.22. The number of aryl methyl sites for hydroxylation is 1. The lowest BCUT2D eigenvalue weighted by Gasteiger charge is -2.14. The average molecular weight is 439 g/mol. The van der Waals surface area contributed by atoms with Crippen LogP contribution < -0.4 is 5.32 Å². The zero-order valence-electron chi connectivity index (χ0n) is 16.3. The fourth-order valence-electron chi connectivity index (χ4n) is 3.28. The van der Waals surface area contributed by atoms with Gasteiger partial charge >= 0.3 is 0 Å². The van der Waals surface area contributed by atoms with Crippen LogP contribution in [-0.4, -0.2) is 26.6 Å². The molecule has 0 saturated heterocycles. The second-order valence-corrected chi connectivity index (χ2v) is 7.81. The van der Waals surface area contributed by atoms with Crippen molar-refractivity contribution in [2.24, 2.45) is 0 Å². The molecule has 0 saturated carbocycles. The van der Waals surface area contributed by atoms with Crippen molar-refractivity contribution in [1.82, 2.24) is 15.0 Å². The van der Waals surface area contributed by atoms with Crippen molar-refractivity contribution in [3.8, 4) is 28.1 Å². The Hall–Kier alpha value is -3.02. The molecule has 7 heteroatoms. The third-order valence-corrected chi connectivity index (χ3v) is 5.39. The van der Waals surface area contributed by atoms with Crippen LogP contribution in [0.4, 0.5) is 5.82 Å². The Morgan fingerprint density at radius 2 is 1.87 bits per heavy atom. The summed E-state index contributed by atoms with van der Waals surface area (Å²) in [6, 6.07) is 14.7. The van der Waals surface area contributed by atoms with E-state index >= 15 is 0 Å². The maximum Gasteiger partial charge on any atom is 0.127 e. The molecule has 2 heterocycles. The van der Waals surface area contributed by atoms with E-state index in [1.165, 1.54) is 0 Å². The summed E-state index contributed by atoms with van der Waals surface area (Å²) in [4.78, 5) is 11.8. The molecule has 2 aromatic heterocycles. The number of phenols is 1. The lowest BCUT2D eigenvalue weighted by atomic mass is 10.0. The van der Waals surface area contributed by atoms with Gasteiger partial charge in [-0.05, 0) is 48.9 Å². The minimum absolute atomic E-state index is 0.166. The molecule has 0 aliphatic heterocycles. The highest BCUT2D eigenvalue weighted by Gasteiger charge is 2.14. The molecule has 0 amide bonds. The van der Waals surface area contributed by atoms with Crippen LogP contribution in [0.1, 0.15) is 11.3 Å². The fourth-order valence-corrected chi connectivity index (χ4v) is 3.89. The molecule has 4 rings (SSSR count). The topological polar surface area (TPSA) is 73.8 Å². The van der Waals surface area contributed by atoms with E-state index in [0.717, 1.165) is 28.8 Å². The molecular formula is C23H20Cl2N4O. The number of nitrogens with zero attached hydrogens (tertiary/aromatic N) is 2. The van der Waals surface area contributed by atoms with E-state index in [4.69, 9.17) is 28.2 Å². The number of halogens is 2. The van der Waals surface area contributed by atoms with Gasteiger partial charge in [0.15, 0.2) is 0 Å². The van der Waals surface area contributed by atoms with Crippen molar-refractivity contribution < 1.29 is 5.11 Å². The van der Waals surface area contributed by atoms with Gasteiger partial charge in [-0.25, -0.2) is 9.97 Å². The van der Waals surface area contributed by atoms with E-state index in [9.17, 15) is 5.11 Å². The third-order valence-electron chi connectivity index (χ3n) is 4.76. The maximum atomic E-state index is 10.4. The zero-order valence-corrected chi connectivity index (χ0v) is 17.8. The van der Waals surface area contributed by atoms with Crippen molar-refractivity contribution >= 4 is 29.0 Å². The van der Waals surface area contributed by atoms with Crippen LogP contribution in [-0.2, 0) is 6.42 Å². The number of aromatic hydroxyl groups is 1. The van der Waals surface area contributed by atoms with Gasteiger partial charge in [-0.3, -0.25) is 0 Å². The molecule has 0 fully saturated rings. The molecule has 2 aromatic carbocycles. The van der Waals surface area contributed by atoms with Crippen LogP contribution in [0.25, 0.3) is 22.4 Å². The lowest BCUT2D eigenvalue weighted by molar-refractivity contribution is 0.477. The molecular weight excluding hydrogens is 419 g/mol. The molecule has 0 aliphatic carbocycles. The number of H-pyrrole nitrogens is 1. The Labute approximate surface area is 184 Å². The zero-order chi connectivity index (χ0) is 21.1. The van der Waals surface area contributed by atoms with E-state index in [2.05, 4.69) is 15.3 Å². The molecule has 4 aromatic rings. The van der Waals surface area contributed by atoms with E-state index in [-0.39, 0.29) is 5.75 Å². The van der Waals surface area contributed by atoms with Gasteiger partial charge in [0.2, 0.25) is 0 Å². The predicted molar refractivity (Wildman–Crippen MR) is 122 cm³/mol. The Kier molecular flexibility index (Phi) is 5.93. The standard InChI is InChI=1S/C23H20Cl2N4O/c1-14-5-6-21(30)17(9-14)20-10-15(23-18(24)3-2-4-19(23)25)11-22(29-20)27-8-7-16-12-26-13-28-16/h2-6,9-13,30H,7-8H2,1H3,(H,26,28)(H,27,29). The van der Waals surface area contributed by atoms with Crippen molar-refractivity contribution in [1.29, 1.82) is 0 Å². The number of imidazole rings is 1. The van der Waals surface area contributed by atoms with E-state index < -0.39 is 0 Å². The Balaban J connectivity index is 1.76. The van der Waals surface area contributed by atoms with Crippen LogP contribution in [0.2, 0.25) is 10.0 Å². The first-order valence-electron chi connectivity index (χ1n) is 9.49. The third kappa shape index (κ3) is 4.42. The summed E-state index contributed by atoms with van der Waals surface area (Å²) in [5.74, 6) is 0.831. The van der Waals surface area contributed by atoms with Crippen LogP contribution in [0.3, 0.4) is 0 Å². The van der Waals surface area contributed by atoms with Crippen LogP contribution in [0.5, 0.6) is 5.75 Å². The van der Waals surface area contributed by atoms with Gasteiger partial charge in [0.25, 0.3) is 0 Å². The lowest BCUT2D eigenvalue weighted by Crippen LogP contribution is -2.07. The largest absolute Gasteiger partial charge is 0.507 e. The Morgan fingerprint density at radius 1 is 1.07 bits per heavy atom. The number of hydrogen-bond donors (Lipinski definition) is 3. The Morgan fingerprint density at radius 3 is 2.60 bits per heavy atom. The number of benzene rings is 2. The monoisotopic (exact) mass is 438 g/mol. The molecule has 0 aliphatic rings. The fraction of sp³-hybridized carbons (Fsp3) is 0.130. The van der Waals surface area contributed by atoms with E-state index in [1.54, 1.807) is 30.7 Å². The second-order valence-electron chi connectivity index (χ2n) is 7.00. The summed E-state index contributed by atoms with van der Waals surface area (Å²) in [5.41, 5.74) is 4.89. The summed E-state index contributed by atoms with van der Waals surface area (Å²) in [5, 5.41) is 14.9. The number of rotatable bonds is 6. The molecule has 0 unspecified atom stereocenters. The number of nitrogens with one attached hydrogen (secondary N) is 2. The summed E-state index contributed by atoms with van der Waals surface area (Å²) >= 11 is 12.9. The highest BCUT2D eigenvalue weighted by molar-refractivity contribution is 6.39. The molecule has 5 nitrogen and oxygen atoms in total. The van der Waals surface area contributed by atoms with Crippen LogP contribution in [0.15, 0.2) is 61.1 Å². The first-order valence-corrected chi connectivity index (χ1v) is 10.2. The van der Waals surface area contributed by atoms with Crippen molar-refractivity contribution in [3.05, 3.63) is 82.4 Å². The molecule has 0 radical (unpaired) electrons. The number of aromatic nitrogens is 3. The molecule has 0 spiro atoms. The Bertz CT molecular complexity index is 1160.